The molecule has 3 aromatic rings. The zero-order valence-electron chi connectivity index (χ0n) is 19.9. The molecule has 2 aromatic carbocycles. The van der Waals surface area contributed by atoms with Crippen LogP contribution in [0.3, 0.4) is 0 Å². The number of nitrogen functional groups attached to an aromatic ring is 1. The van der Waals surface area contributed by atoms with E-state index in [9.17, 15) is 4.79 Å². The summed E-state index contributed by atoms with van der Waals surface area (Å²) in [7, 11) is 4.74. The maximum Gasteiger partial charge on any atom is 0.246 e. The number of benzene rings is 2. The number of amides is 1. The van der Waals surface area contributed by atoms with Gasteiger partial charge in [-0.15, -0.1) is 0 Å². The number of hydrogen-bond donors (Lipinski definition) is 1. The molecule has 2 N–H and O–H groups in total. The standard InChI is InChI=1S/C16H13Cl2N3O2.C9H15NO2/c1-22-11-6-12(23-2)15(18)13(14(11)17)8-3-4-10-9(5-8)7-20-16(19)21-10;1-3-9(11)10-6-4-5-8(10)7-12-2/h3-7H,1-2H3,(H2,19,20,21);3,8H,1,4-7H2,2H3. The number of ether oxygens (including phenoxy) is 3. The molecule has 1 saturated heterocycles. The van der Waals surface area contributed by atoms with Gasteiger partial charge in [0, 0.05) is 36.9 Å². The number of likely N-dealkylation sites (tertiary alicyclic amines) is 1. The Labute approximate surface area is 214 Å². The molecule has 0 radical (unpaired) electrons. The Morgan fingerprint density at radius 3 is 2.49 bits per heavy atom. The van der Waals surface area contributed by atoms with Gasteiger partial charge in [0.2, 0.25) is 11.9 Å². The molecule has 8 nitrogen and oxygen atoms in total. The quantitative estimate of drug-likeness (QED) is 0.457. The molecule has 4 rings (SSSR count). The summed E-state index contributed by atoms with van der Waals surface area (Å²) in [6.07, 6.45) is 5.15. The minimum atomic E-state index is 0.0227. The molecule has 1 unspecified atom stereocenters. The summed E-state index contributed by atoms with van der Waals surface area (Å²) in [4.78, 5) is 21.3. The fraction of sp³-hybridized carbons (Fsp3) is 0.320. The molecule has 2 heterocycles. The lowest BCUT2D eigenvalue weighted by Crippen LogP contribution is -2.36. The summed E-state index contributed by atoms with van der Waals surface area (Å²) < 4.78 is 15.6. The van der Waals surface area contributed by atoms with Crippen molar-refractivity contribution in [1.82, 2.24) is 14.9 Å². The van der Waals surface area contributed by atoms with Gasteiger partial charge in [-0.25, -0.2) is 9.97 Å². The lowest BCUT2D eigenvalue weighted by Gasteiger charge is -2.22. The van der Waals surface area contributed by atoms with E-state index in [4.69, 9.17) is 43.1 Å². The van der Waals surface area contributed by atoms with Crippen LogP contribution in [0.25, 0.3) is 22.0 Å². The van der Waals surface area contributed by atoms with Gasteiger partial charge in [0.1, 0.15) is 11.5 Å². The van der Waals surface area contributed by atoms with Gasteiger partial charge in [0.05, 0.1) is 42.4 Å². The van der Waals surface area contributed by atoms with E-state index in [1.807, 2.05) is 23.1 Å². The van der Waals surface area contributed by atoms with Crippen LogP contribution in [0.2, 0.25) is 10.0 Å². The van der Waals surface area contributed by atoms with E-state index in [0.717, 1.165) is 35.9 Å². The lowest BCUT2D eigenvalue weighted by molar-refractivity contribution is -0.127. The monoisotopic (exact) mass is 518 g/mol. The van der Waals surface area contributed by atoms with E-state index in [1.54, 1.807) is 19.4 Å². The minimum Gasteiger partial charge on any atom is -0.495 e. The van der Waals surface area contributed by atoms with Crippen molar-refractivity contribution < 1.29 is 19.0 Å². The molecule has 0 aliphatic carbocycles. The number of rotatable bonds is 6. The van der Waals surface area contributed by atoms with Crippen LogP contribution in [-0.2, 0) is 9.53 Å². The number of carbonyl (C=O) groups excluding carboxylic acids is 1. The van der Waals surface area contributed by atoms with Crippen molar-refractivity contribution in [3.63, 3.8) is 0 Å². The predicted octanol–water partition coefficient (Wildman–Crippen LogP) is 5.01. The number of methoxy groups -OCH3 is 3. The Bertz CT molecular complexity index is 1190. The molecule has 0 spiro atoms. The number of carbonyl (C=O) groups is 1. The molecule has 1 aliphatic rings. The van der Waals surface area contributed by atoms with E-state index in [-0.39, 0.29) is 17.9 Å². The van der Waals surface area contributed by atoms with E-state index >= 15 is 0 Å². The summed E-state index contributed by atoms with van der Waals surface area (Å²) in [6.45, 7) is 4.95. The molecule has 1 aliphatic heterocycles. The first-order valence-corrected chi connectivity index (χ1v) is 11.6. The Morgan fingerprint density at radius 1 is 1.20 bits per heavy atom. The van der Waals surface area contributed by atoms with Crippen molar-refractivity contribution >= 4 is 46.0 Å². The van der Waals surface area contributed by atoms with Crippen LogP contribution >= 0.6 is 23.2 Å². The summed E-state index contributed by atoms with van der Waals surface area (Å²) in [5.41, 5.74) is 7.77. The van der Waals surface area contributed by atoms with Crippen LogP contribution in [-0.4, -0.2) is 61.3 Å². The van der Waals surface area contributed by atoms with Crippen molar-refractivity contribution in [2.45, 2.75) is 18.9 Å². The number of nitrogens with two attached hydrogens (primary N) is 1. The minimum absolute atomic E-state index is 0.0227. The first-order valence-electron chi connectivity index (χ1n) is 10.9. The highest BCUT2D eigenvalue weighted by Crippen LogP contribution is 2.46. The fourth-order valence-corrected chi connectivity index (χ4v) is 4.67. The molecular formula is C25H28Cl2N4O4. The second-order valence-corrected chi connectivity index (χ2v) is 8.53. The molecule has 1 atom stereocenters. The van der Waals surface area contributed by atoms with Crippen LogP contribution in [0.1, 0.15) is 12.8 Å². The van der Waals surface area contributed by atoms with Crippen LogP contribution in [0.4, 0.5) is 5.95 Å². The van der Waals surface area contributed by atoms with Crippen LogP contribution in [0, 0.1) is 0 Å². The maximum absolute atomic E-state index is 11.3. The van der Waals surface area contributed by atoms with Crippen molar-refractivity contribution in [2.24, 2.45) is 0 Å². The van der Waals surface area contributed by atoms with Crippen molar-refractivity contribution in [3.05, 3.63) is 53.2 Å². The van der Waals surface area contributed by atoms with Crippen LogP contribution in [0.15, 0.2) is 43.1 Å². The van der Waals surface area contributed by atoms with Gasteiger partial charge in [-0.2, -0.15) is 0 Å². The number of halogens is 2. The van der Waals surface area contributed by atoms with Gasteiger partial charge < -0.3 is 24.8 Å². The maximum atomic E-state index is 11.3. The number of nitrogens with zero attached hydrogens (tertiary/aromatic N) is 3. The van der Waals surface area contributed by atoms with Gasteiger partial charge >= 0.3 is 0 Å². The number of hydrogen-bond acceptors (Lipinski definition) is 7. The zero-order valence-corrected chi connectivity index (χ0v) is 21.4. The molecule has 1 aromatic heterocycles. The first kappa shape index (κ1) is 26.5. The Hall–Kier alpha value is -3.07. The van der Waals surface area contributed by atoms with Crippen molar-refractivity contribution in [2.75, 3.05) is 40.2 Å². The third-order valence-corrected chi connectivity index (χ3v) is 6.41. The summed E-state index contributed by atoms with van der Waals surface area (Å²) in [6, 6.07) is 7.50. The van der Waals surface area contributed by atoms with Gasteiger partial charge in [-0.3, -0.25) is 4.79 Å². The average molecular weight is 519 g/mol. The van der Waals surface area contributed by atoms with Gasteiger partial charge in [-0.05, 0) is 36.6 Å². The molecule has 1 fully saturated rings. The highest BCUT2D eigenvalue weighted by atomic mass is 35.5. The Morgan fingerprint density at radius 2 is 1.89 bits per heavy atom. The highest BCUT2D eigenvalue weighted by molar-refractivity contribution is 6.41. The van der Waals surface area contributed by atoms with Gasteiger partial charge in [0.25, 0.3) is 0 Å². The van der Waals surface area contributed by atoms with Crippen LogP contribution in [0.5, 0.6) is 11.5 Å². The average Bonchev–Trinajstić information content (AvgIpc) is 3.33. The fourth-order valence-electron chi connectivity index (χ4n) is 3.95. The number of aromatic nitrogens is 2. The summed E-state index contributed by atoms with van der Waals surface area (Å²) in [5, 5.41) is 1.65. The summed E-state index contributed by atoms with van der Waals surface area (Å²) >= 11 is 12.9. The highest BCUT2D eigenvalue weighted by Gasteiger charge is 2.26. The van der Waals surface area contributed by atoms with Crippen LogP contribution < -0.4 is 15.2 Å². The second-order valence-electron chi connectivity index (χ2n) is 7.77. The number of fused-ring (bicyclic) bond motifs is 1. The Kier molecular flexibility index (Phi) is 9.14. The second kappa shape index (κ2) is 12.1. The molecular weight excluding hydrogens is 491 g/mol. The first-order chi connectivity index (χ1) is 16.8. The SMILES string of the molecule is C=CC(=O)N1CCCC1COC.COc1cc(OC)c(Cl)c(-c2ccc3nc(N)ncc3c2)c1Cl. The summed E-state index contributed by atoms with van der Waals surface area (Å²) in [5.74, 6) is 1.21. The van der Waals surface area contributed by atoms with Crippen molar-refractivity contribution in [3.8, 4) is 22.6 Å². The molecule has 10 heteroatoms. The molecule has 0 bridgehead atoms. The third-order valence-electron chi connectivity index (χ3n) is 5.65. The third kappa shape index (κ3) is 5.96. The molecule has 35 heavy (non-hydrogen) atoms. The van der Waals surface area contributed by atoms with E-state index in [2.05, 4.69) is 16.5 Å². The predicted molar refractivity (Wildman–Crippen MR) is 139 cm³/mol. The normalized spacial score (nSPS) is 14.9. The molecule has 186 valence electrons. The smallest absolute Gasteiger partial charge is 0.246 e. The largest absolute Gasteiger partial charge is 0.495 e. The van der Waals surface area contributed by atoms with Gasteiger partial charge in [0.15, 0.2) is 0 Å². The number of anilines is 1. The van der Waals surface area contributed by atoms with E-state index in [0.29, 0.717) is 33.7 Å². The molecule has 0 saturated carbocycles. The Balaban J connectivity index is 0.000000241. The zero-order chi connectivity index (χ0) is 25.5. The van der Waals surface area contributed by atoms with Gasteiger partial charge in [-0.1, -0.05) is 35.8 Å². The van der Waals surface area contributed by atoms with E-state index in [1.165, 1.54) is 20.3 Å². The van der Waals surface area contributed by atoms with Crippen molar-refractivity contribution in [1.29, 1.82) is 0 Å². The van der Waals surface area contributed by atoms with E-state index < -0.39 is 0 Å². The molecule has 1 amide bonds. The topological polar surface area (TPSA) is 99.8 Å². The lowest BCUT2D eigenvalue weighted by atomic mass is 10.0.